The zero-order chi connectivity index (χ0) is 24.2. The third-order valence-electron chi connectivity index (χ3n) is 6.36. The number of piperidine rings is 1. The first-order chi connectivity index (χ1) is 16.4. The number of likely N-dealkylation sites (N-methyl/N-ethyl adjacent to an activating group) is 2. The predicted octanol–water partition coefficient (Wildman–Crippen LogP) is 3.28. The van der Waals surface area contributed by atoms with Crippen LogP contribution in [0.15, 0.2) is 27.7 Å². The zero-order valence-corrected chi connectivity index (χ0v) is 20.3. The molecule has 9 nitrogen and oxygen atoms in total. The molecule has 0 saturated carbocycles. The summed E-state index contributed by atoms with van der Waals surface area (Å²) in [4.78, 5) is 27.9. The highest BCUT2D eigenvalue weighted by atomic mass is 16.5. The van der Waals surface area contributed by atoms with Crippen LogP contribution >= 0.6 is 0 Å². The van der Waals surface area contributed by atoms with Crippen LogP contribution in [0.4, 0.5) is 11.7 Å². The molecular weight excluding hydrogens is 434 g/mol. The van der Waals surface area contributed by atoms with Crippen molar-refractivity contribution >= 4 is 35.5 Å². The van der Waals surface area contributed by atoms with Gasteiger partial charge in [-0.05, 0) is 59.1 Å². The molecule has 0 aliphatic carbocycles. The first-order valence-corrected chi connectivity index (χ1v) is 11.7. The highest BCUT2D eigenvalue weighted by Crippen LogP contribution is 2.40. The molecule has 182 valence electrons. The fourth-order valence-electron chi connectivity index (χ4n) is 4.37. The average Bonchev–Trinajstić information content (AvgIpc) is 3.39. The Balaban J connectivity index is 1.58. The van der Waals surface area contributed by atoms with Gasteiger partial charge in [-0.15, -0.1) is 0 Å². The minimum absolute atomic E-state index is 0.0782. The Morgan fingerprint density at radius 2 is 2.06 bits per heavy atom. The van der Waals surface area contributed by atoms with Crippen LogP contribution in [0, 0.1) is 0 Å². The molecule has 0 unspecified atom stereocenters. The van der Waals surface area contributed by atoms with Crippen LogP contribution in [-0.2, 0) is 4.74 Å². The third kappa shape index (κ3) is 5.00. The summed E-state index contributed by atoms with van der Waals surface area (Å²) < 4.78 is 11.3. The number of rotatable bonds is 8. The van der Waals surface area contributed by atoms with Crippen molar-refractivity contribution in [2.24, 2.45) is 4.99 Å². The van der Waals surface area contributed by atoms with Gasteiger partial charge in [0.1, 0.15) is 0 Å². The second-order valence-electron chi connectivity index (χ2n) is 8.95. The highest BCUT2D eigenvalue weighted by molar-refractivity contribution is 6.21. The van der Waals surface area contributed by atoms with Gasteiger partial charge in [-0.1, -0.05) is 0 Å². The lowest BCUT2D eigenvalue weighted by molar-refractivity contribution is 0.0523. The quantitative estimate of drug-likeness (QED) is 0.591. The number of esters is 1. The molecule has 0 spiro atoms. The number of hydrogen-bond acceptors (Lipinski definition) is 9. The van der Waals surface area contributed by atoms with Gasteiger partial charge in [-0.3, -0.25) is 0 Å². The number of nitrogens with zero attached hydrogens (tertiary/aromatic N) is 5. The number of aromatic nitrogens is 1. The number of pyridine rings is 1. The first kappa shape index (κ1) is 24.0. The summed E-state index contributed by atoms with van der Waals surface area (Å²) in [5.41, 5.74) is 1.68. The molecule has 0 atom stereocenters. The van der Waals surface area contributed by atoms with Crippen LogP contribution in [-0.4, -0.2) is 92.0 Å². The number of aliphatic imine (C=N–C) groups is 1. The second-order valence-corrected chi connectivity index (χ2v) is 8.95. The number of carbonyl (C=O) groups is 1. The molecule has 2 aliphatic heterocycles. The van der Waals surface area contributed by atoms with Crippen molar-refractivity contribution < 1.29 is 19.1 Å². The normalized spacial score (nSPS) is 17.2. The van der Waals surface area contributed by atoms with Gasteiger partial charge in [0.2, 0.25) is 5.88 Å². The summed E-state index contributed by atoms with van der Waals surface area (Å²) in [5.74, 6) is 0.388. The molecule has 4 rings (SSSR count). The second kappa shape index (κ2) is 10.4. The number of ether oxygens (including phenoxy) is 1. The smallest absolute Gasteiger partial charge is 0.347 e. The number of furan rings is 1. The van der Waals surface area contributed by atoms with E-state index < -0.39 is 5.97 Å². The van der Waals surface area contributed by atoms with E-state index in [-0.39, 0.29) is 23.7 Å². The number of aromatic hydroxyl groups is 1. The Labute approximate surface area is 200 Å². The van der Waals surface area contributed by atoms with Crippen molar-refractivity contribution in [1.82, 2.24) is 14.8 Å². The Kier molecular flexibility index (Phi) is 7.33. The van der Waals surface area contributed by atoms with E-state index in [2.05, 4.69) is 40.9 Å². The Hall–Kier alpha value is -3.17. The fourth-order valence-corrected chi connectivity index (χ4v) is 4.37. The van der Waals surface area contributed by atoms with E-state index in [9.17, 15) is 9.90 Å². The lowest BCUT2D eigenvalue weighted by atomic mass is 10.0. The van der Waals surface area contributed by atoms with Crippen LogP contribution in [0.25, 0.3) is 11.6 Å². The molecule has 4 heterocycles. The largest absolute Gasteiger partial charge is 0.504 e. The van der Waals surface area contributed by atoms with E-state index in [4.69, 9.17) is 9.15 Å². The topological polar surface area (TPSA) is 94.6 Å². The molecule has 0 aromatic carbocycles. The predicted molar refractivity (Wildman–Crippen MR) is 133 cm³/mol. The van der Waals surface area contributed by atoms with Gasteiger partial charge in [0.05, 0.1) is 6.61 Å². The molecule has 1 N–H and O–H groups in total. The number of carbonyl (C=O) groups excluding carboxylic acids is 1. The van der Waals surface area contributed by atoms with Gasteiger partial charge in [0.25, 0.3) is 0 Å². The van der Waals surface area contributed by atoms with E-state index in [1.54, 1.807) is 25.4 Å². The van der Waals surface area contributed by atoms with Crippen molar-refractivity contribution in [1.29, 1.82) is 0 Å². The summed E-state index contributed by atoms with van der Waals surface area (Å²) >= 11 is 0. The van der Waals surface area contributed by atoms with Crippen molar-refractivity contribution in [2.45, 2.75) is 25.8 Å². The molecule has 1 saturated heterocycles. The molecular formula is C25H33N5O4. The maximum Gasteiger partial charge on any atom is 0.347 e. The van der Waals surface area contributed by atoms with Crippen LogP contribution in [0.5, 0.6) is 5.75 Å². The number of allylic oxidation sites excluding steroid dienone is 1. The van der Waals surface area contributed by atoms with Crippen LogP contribution < -0.4 is 4.90 Å². The lowest BCUT2D eigenvalue weighted by Crippen LogP contribution is -2.45. The van der Waals surface area contributed by atoms with Gasteiger partial charge in [-0.2, -0.15) is 0 Å². The average molecular weight is 468 g/mol. The van der Waals surface area contributed by atoms with Gasteiger partial charge in [-0.25, -0.2) is 14.8 Å². The summed E-state index contributed by atoms with van der Waals surface area (Å²) in [6.45, 7) is 5.41. The van der Waals surface area contributed by atoms with Crippen LogP contribution in [0.1, 0.15) is 41.4 Å². The maximum absolute atomic E-state index is 12.8. The highest BCUT2D eigenvalue weighted by Gasteiger charge is 2.32. The minimum Gasteiger partial charge on any atom is -0.504 e. The monoisotopic (exact) mass is 467 g/mol. The van der Waals surface area contributed by atoms with Crippen molar-refractivity contribution in [3.63, 3.8) is 0 Å². The minimum atomic E-state index is -0.587. The van der Waals surface area contributed by atoms with E-state index in [1.807, 2.05) is 17.0 Å². The van der Waals surface area contributed by atoms with E-state index in [0.717, 1.165) is 50.2 Å². The third-order valence-corrected chi connectivity index (χ3v) is 6.36. The number of fused-ring (bicyclic) bond motifs is 1. The van der Waals surface area contributed by atoms with Gasteiger partial charge >= 0.3 is 5.97 Å². The molecule has 34 heavy (non-hydrogen) atoms. The lowest BCUT2D eigenvalue weighted by Gasteiger charge is -2.37. The summed E-state index contributed by atoms with van der Waals surface area (Å²) in [7, 11) is 6.32. The van der Waals surface area contributed by atoms with Gasteiger partial charge in [0, 0.05) is 55.8 Å². The fraction of sp³-hybridized carbons (Fsp3) is 0.480. The maximum atomic E-state index is 12.8. The van der Waals surface area contributed by atoms with Gasteiger partial charge in [0.15, 0.2) is 22.9 Å². The van der Waals surface area contributed by atoms with E-state index in [0.29, 0.717) is 17.7 Å². The molecule has 0 amide bonds. The van der Waals surface area contributed by atoms with Crippen molar-refractivity contribution in [3.05, 3.63) is 35.2 Å². The number of anilines is 1. The van der Waals surface area contributed by atoms with E-state index >= 15 is 0 Å². The summed E-state index contributed by atoms with van der Waals surface area (Å²) in [6, 6.07) is 4.20. The molecule has 0 radical (unpaired) electrons. The van der Waals surface area contributed by atoms with Crippen molar-refractivity contribution in [2.75, 3.05) is 58.8 Å². The standard InChI is InChI=1S/C25H33N5O4/c1-5-33-25(32)21-22(31)20(15-17-16-27-23-19(17)7-6-10-26-23)34-24(21)30-11-8-18(9-12-30)29(4)14-13-28(2)3/h6-7,10,15-16,18,31H,5,8-9,11-14H2,1-4H3. The molecule has 2 aliphatic rings. The Morgan fingerprint density at radius 3 is 2.76 bits per heavy atom. The Bertz CT molecular complexity index is 1080. The molecule has 2 aromatic heterocycles. The SMILES string of the molecule is CCOC(=O)c1c(N2CCC(N(C)CCN(C)C)CC2)oc(C=C2C=Nc3ncccc32)c1O. The zero-order valence-electron chi connectivity index (χ0n) is 20.3. The molecule has 1 fully saturated rings. The molecule has 2 aromatic rings. The van der Waals surface area contributed by atoms with E-state index in [1.165, 1.54) is 0 Å². The van der Waals surface area contributed by atoms with Crippen LogP contribution in [0.3, 0.4) is 0 Å². The van der Waals surface area contributed by atoms with Crippen molar-refractivity contribution in [3.8, 4) is 5.75 Å². The van der Waals surface area contributed by atoms with Gasteiger partial charge < -0.3 is 29.0 Å². The summed E-state index contributed by atoms with van der Waals surface area (Å²) in [5, 5.41) is 11.0. The summed E-state index contributed by atoms with van der Waals surface area (Å²) in [6.07, 6.45) is 6.94. The molecule has 0 bridgehead atoms. The first-order valence-electron chi connectivity index (χ1n) is 11.7. The van der Waals surface area contributed by atoms with Crippen LogP contribution in [0.2, 0.25) is 0 Å². The molecule has 9 heteroatoms. The number of hydrogen-bond donors (Lipinski definition) is 1. The Morgan fingerprint density at radius 1 is 1.29 bits per heavy atom.